The molecule has 0 aliphatic heterocycles. The first kappa shape index (κ1) is 21.5. The van der Waals surface area contributed by atoms with Gasteiger partial charge in [-0.3, -0.25) is 4.79 Å². The van der Waals surface area contributed by atoms with Gasteiger partial charge < -0.3 is 14.0 Å². The lowest BCUT2D eigenvalue weighted by molar-refractivity contribution is 0.268. The summed E-state index contributed by atoms with van der Waals surface area (Å²) in [5.74, 6) is 0.801. The number of aromatic nitrogens is 2. The lowest BCUT2D eigenvalue weighted by atomic mass is 10.1. The van der Waals surface area contributed by atoms with Crippen LogP contribution in [0.25, 0.3) is 22.0 Å². The van der Waals surface area contributed by atoms with Gasteiger partial charge in [-0.05, 0) is 34.7 Å². The Hall–Kier alpha value is -4.38. The summed E-state index contributed by atoms with van der Waals surface area (Å²) in [6, 6.07) is 33.1. The van der Waals surface area contributed by atoms with E-state index in [1.807, 2.05) is 97.1 Å². The van der Waals surface area contributed by atoms with Gasteiger partial charge >= 0.3 is 0 Å². The molecule has 5 nitrogen and oxygen atoms in total. The molecule has 0 amide bonds. The molecule has 2 heterocycles. The van der Waals surface area contributed by atoms with Gasteiger partial charge in [0.25, 0.3) is 5.56 Å². The van der Waals surface area contributed by atoms with Crippen LogP contribution < -0.4 is 15.0 Å². The van der Waals surface area contributed by atoms with Gasteiger partial charge in [0, 0.05) is 18.7 Å². The maximum atomic E-state index is 13.3. The van der Waals surface area contributed by atoms with Crippen LogP contribution in [-0.4, -0.2) is 9.55 Å². The van der Waals surface area contributed by atoms with Crippen LogP contribution in [-0.2, 0) is 20.3 Å². The molecule has 3 aromatic carbocycles. The number of aryl methyl sites for hydroxylation is 1. The Kier molecular flexibility index (Phi) is 6.08. The fraction of sp³-hybridized carbons (Fsp3) is 0.103. The maximum Gasteiger partial charge on any atom is 0.258 e. The molecule has 2 aromatic heterocycles. The number of para-hydroxylation sites is 1. The second-order valence-corrected chi connectivity index (χ2v) is 8.03. The van der Waals surface area contributed by atoms with Crippen molar-refractivity contribution in [2.45, 2.75) is 13.2 Å². The van der Waals surface area contributed by atoms with Crippen LogP contribution in [0.1, 0.15) is 11.1 Å². The number of rotatable bonds is 7. The lowest BCUT2D eigenvalue weighted by Crippen LogP contribution is -2.19. The van der Waals surface area contributed by atoms with Gasteiger partial charge in [0.05, 0.1) is 11.1 Å². The van der Waals surface area contributed by atoms with E-state index in [-0.39, 0.29) is 5.56 Å². The number of nitrogens with zero attached hydrogens (tertiary/aromatic N) is 2. The summed E-state index contributed by atoms with van der Waals surface area (Å²) in [6.45, 7) is 0.722. The summed E-state index contributed by atoms with van der Waals surface area (Å²) in [7, 11) is 1.78. The molecular weight excluding hydrogens is 424 g/mol. The highest BCUT2D eigenvalue weighted by molar-refractivity contribution is 5.85. The van der Waals surface area contributed by atoms with Crippen molar-refractivity contribution >= 4 is 10.9 Å². The van der Waals surface area contributed by atoms with Gasteiger partial charge in [0.1, 0.15) is 13.2 Å². The molecule has 0 radical (unpaired) electrons. The zero-order valence-corrected chi connectivity index (χ0v) is 18.8. The highest BCUT2D eigenvalue weighted by Crippen LogP contribution is 2.31. The second kappa shape index (κ2) is 9.63. The lowest BCUT2D eigenvalue weighted by Gasteiger charge is -2.14. The van der Waals surface area contributed by atoms with Crippen LogP contribution in [0.2, 0.25) is 0 Å². The Bertz CT molecular complexity index is 1480. The van der Waals surface area contributed by atoms with Crippen LogP contribution in [0.4, 0.5) is 0 Å². The van der Waals surface area contributed by atoms with Crippen LogP contribution in [0.5, 0.6) is 11.8 Å². The molecule has 0 bridgehead atoms. The molecule has 0 saturated carbocycles. The first-order valence-corrected chi connectivity index (χ1v) is 11.1. The molecule has 0 fully saturated rings. The zero-order valence-electron chi connectivity index (χ0n) is 18.8. The van der Waals surface area contributed by atoms with Crippen molar-refractivity contribution in [3.63, 3.8) is 0 Å². The van der Waals surface area contributed by atoms with E-state index in [1.165, 1.54) is 0 Å². The molecule has 0 aliphatic rings. The van der Waals surface area contributed by atoms with Gasteiger partial charge in [0.15, 0.2) is 0 Å². The number of hydrogen-bond donors (Lipinski definition) is 0. The van der Waals surface area contributed by atoms with Crippen LogP contribution in [0.15, 0.2) is 108 Å². The smallest absolute Gasteiger partial charge is 0.258 e. The Balaban J connectivity index is 1.53. The Morgan fingerprint density at radius 1 is 0.706 bits per heavy atom. The van der Waals surface area contributed by atoms with Gasteiger partial charge in [0.2, 0.25) is 11.8 Å². The van der Waals surface area contributed by atoms with E-state index < -0.39 is 0 Å². The minimum absolute atomic E-state index is 0.108. The van der Waals surface area contributed by atoms with Crippen molar-refractivity contribution in [3.8, 4) is 22.9 Å². The van der Waals surface area contributed by atoms with Crippen molar-refractivity contribution in [2.24, 2.45) is 7.05 Å². The van der Waals surface area contributed by atoms with Gasteiger partial charge in [-0.15, -0.1) is 0 Å². The van der Waals surface area contributed by atoms with E-state index in [4.69, 9.17) is 9.47 Å². The quantitative estimate of drug-likeness (QED) is 0.318. The van der Waals surface area contributed by atoms with E-state index in [1.54, 1.807) is 17.7 Å². The molecular formula is C29H24N2O3. The standard InChI is InChI=1S/C29H24N2O3/c1-31-26-15-9-8-14-23(26)18-25(29(31)32)24-16-17-27(33-19-21-10-4-2-5-11-21)30-28(24)34-20-22-12-6-3-7-13-22/h2-18H,19-20H2,1H3. The van der Waals surface area contributed by atoms with Gasteiger partial charge in [-0.2, -0.15) is 4.98 Å². The largest absolute Gasteiger partial charge is 0.473 e. The summed E-state index contributed by atoms with van der Waals surface area (Å²) < 4.78 is 13.7. The normalized spacial score (nSPS) is 10.9. The third kappa shape index (κ3) is 4.55. The van der Waals surface area contributed by atoms with Crippen molar-refractivity contribution < 1.29 is 9.47 Å². The Morgan fingerprint density at radius 3 is 2.03 bits per heavy atom. The summed E-state index contributed by atoms with van der Waals surface area (Å²) in [4.78, 5) is 17.9. The predicted molar refractivity (Wildman–Crippen MR) is 134 cm³/mol. The van der Waals surface area contributed by atoms with Gasteiger partial charge in [-0.1, -0.05) is 78.9 Å². The topological polar surface area (TPSA) is 53.4 Å². The zero-order chi connectivity index (χ0) is 23.3. The van der Waals surface area contributed by atoms with E-state index in [0.717, 1.165) is 22.0 Å². The average Bonchev–Trinajstić information content (AvgIpc) is 2.90. The highest BCUT2D eigenvalue weighted by atomic mass is 16.5. The number of hydrogen-bond acceptors (Lipinski definition) is 4. The molecule has 5 rings (SSSR count). The summed E-state index contributed by atoms with van der Waals surface area (Å²) in [5.41, 5.74) is 3.99. The SMILES string of the molecule is Cn1c(=O)c(-c2ccc(OCc3ccccc3)nc2OCc2ccccc2)cc2ccccc21. The monoisotopic (exact) mass is 448 g/mol. The molecule has 5 heteroatoms. The number of fused-ring (bicyclic) bond motifs is 1. The first-order valence-electron chi connectivity index (χ1n) is 11.1. The number of pyridine rings is 2. The third-order valence-electron chi connectivity index (χ3n) is 5.71. The van der Waals surface area contributed by atoms with E-state index in [2.05, 4.69) is 4.98 Å². The predicted octanol–water partition coefficient (Wildman–Crippen LogP) is 5.76. The Morgan fingerprint density at radius 2 is 1.32 bits per heavy atom. The molecule has 5 aromatic rings. The molecule has 0 saturated heterocycles. The molecule has 168 valence electrons. The minimum Gasteiger partial charge on any atom is -0.473 e. The van der Waals surface area contributed by atoms with Crippen molar-refractivity contribution in [3.05, 3.63) is 125 Å². The second-order valence-electron chi connectivity index (χ2n) is 8.03. The van der Waals surface area contributed by atoms with Crippen LogP contribution in [0.3, 0.4) is 0 Å². The summed E-state index contributed by atoms with van der Waals surface area (Å²) >= 11 is 0. The number of ether oxygens (including phenoxy) is 2. The number of benzene rings is 3. The fourth-order valence-corrected chi connectivity index (χ4v) is 3.89. The van der Waals surface area contributed by atoms with Crippen molar-refractivity contribution in [2.75, 3.05) is 0 Å². The van der Waals surface area contributed by atoms with Crippen molar-refractivity contribution in [1.29, 1.82) is 0 Å². The summed E-state index contributed by atoms with van der Waals surface area (Å²) in [6.07, 6.45) is 0. The molecule has 0 spiro atoms. The maximum absolute atomic E-state index is 13.3. The van der Waals surface area contributed by atoms with Crippen LogP contribution in [0, 0.1) is 0 Å². The highest BCUT2D eigenvalue weighted by Gasteiger charge is 2.16. The molecule has 0 N–H and O–H groups in total. The minimum atomic E-state index is -0.108. The summed E-state index contributed by atoms with van der Waals surface area (Å²) in [5, 5.41) is 0.970. The molecule has 34 heavy (non-hydrogen) atoms. The Labute approximate surface area is 197 Å². The van der Waals surface area contributed by atoms with Crippen molar-refractivity contribution in [1.82, 2.24) is 9.55 Å². The fourth-order valence-electron chi connectivity index (χ4n) is 3.89. The van der Waals surface area contributed by atoms with Gasteiger partial charge in [-0.25, -0.2) is 0 Å². The molecule has 0 unspecified atom stereocenters. The van der Waals surface area contributed by atoms with E-state index in [9.17, 15) is 4.79 Å². The average molecular weight is 449 g/mol. The van der Waals surface area contributed by atoms with Crippen LogP contribution >= 0.6 is 0 Å². The third-order valence-corrected chi connectivity index (χ3v) is 5.71. The van der Waals surface area contributed by atoms with E-state index >= 15 is 0 Å². The van der Waals surface area contributed by atoms with E-state index in [0.29, 0.717) is 36.1 Å². The molecule has 0 aliphatic carbocycles. The molecule has 0 atom stereocenters. The first-order chi connectivity index (χ1) is 16.7.